The van der Waals surface area contributed by atoms with Gasteiger partial charge in [0, 0.05) is 0 Å². The summed E-state index contributed by atoms with van der Waals surface area (Å²) in [6.45, 7) is 0. The van der Waals surface area contributed by atoms with E-state index in [0.29, 0.717) is 0 Å². The first kappa shape index (κ1) is 13.4. The third-order valence-corrected chi connectivity index (χ3v) is 1.31. The van der Waals surface area contributed by atoms with Crippen molar-refractivity contribution in [2.24, 2.45) is 0 Å². The van der Waals surface area contributed by atoms with Gasteiger partial charge in [0.05, 0.1) is 0 Å². The van der Waals surface area contributed by atoms with Crippen molar-refractivity contribution in [3.05, 3.63) is 34.9 Å². The molecule has 0 saturated carbocycles. The number of alkyl halides is 3. The van der Waals surface area contributed by atoms with Crippen molar-refractivity contribution in [2.45, 2.75) is 6.18 Å². The molecule has 0 bridgehead atoms. The Hall–Kier alpha value is 0.403. The third kappa shape index (κ3) is 4.99. The van der Waals surface area contributed by atoms with Gasteiger partial charge in [0.25, 0.3) is 0 Å². The van der Waals surface area contributed by atoms with E-state index in [9.17, 15) is 13.2 Å². The summed E-state index contributed by atoms with van der Waals surface area (Å²) in [5, 5.41) is -0.0279. The van der Waals surface area contributed by atoms with Crippen LogP contribution in [0.25, 0.3) is 0 Å². The van der Waals surface area contributed by atoms with Crippen molar-refractivity contribution in [3.63, 3.8) is 0 Å². The van der Waals surface area contributed by atoms with Crippen LogP contribution < -0.4 is 0 Å². The molecular formula is C7H3BrClF3Zn. The van der Waals surface area contributed by atoms with Gasteiger partial charge < -0.3 is 0 Å². The summed E-state index contributed by atoms with van der Waals surface area (Å²) in [6, 6.07) is 5.31. The topological polar surface area (TPSA) is 0 Å². The first-order valence-corrected chi connectivity index (χ1v) is 10.3. The van der Waals surface area contributed by atoms with Gasteiger partial charge in [0.15, 0.2) is 0 Å². The molecule has 1 aromatic rings. The number of hydrogen-bond acceptors (Lipinski definition) is 0. The van der Waals surface area contributed by atoms with Crippen LogP contribution in [-0.4, -0.2) is 0 Å². The first-order chi connectivity index (χ1) is 6.00. The Balaban J connectivity index is 0.000000671. The minimum absolute atomic E-state index is 0.0279. The molecular weight excluding hydrogens is 322 g/mol. The fraction of sp³-hybridized carbons (Fsp3) is 0.143. The zero-order valence-electron chi connectivity index (χ0n) is 6.33. The van der Waals surface area contributed by atoms with E-state index in [1.165, 1.54) is 16.3 Å². The Kier molecular flexibility index (Phi) is 6.18. The van der Waals surface area contributed by atoms with Crippen LogP contribution in [0.1, 0.15) is 5.56 Å². The summed E-state index contributed by atoms with van der Waals surface area (Å²) >= 11 is 9.55. The molecule has 1 rings (SSSR count). The Morgan fingerprint density at radius 3 is 2.23 bits per heavy atom. The maximum absolute atomic E-state index is 11.9. The average Bonchev–Trinajstić information content (AvgIpc) is 2.06. The predicted molar refractivity (Wildman–Crippen MR) is 44.2 cm³/mol. The molecule has 0 aliphatic carbocycles. The van der Waals surface area contributed by atoms with E-state index < -0.39 is 11.7 Å². The van der Waals surface area contributed by atoms with E-state index in [-0.39, 0.29) is 5.02 Å². The van der Waals surface area contributed by atoms with Crippen LogP contribution in [0.5, 0.6) is 0 Å². The fourth-order valence-corrected chi connectivity index (χ4v) is 0.794. The Bertz CT molecular complexity index is 264. The number of hydrogen-bond donors (Lipinski definition) is 0. The second kappa shape index (κ2) is 5.99. The SMILES string of the molecule is FC(F)(F)c1cc[c-]c(Cl)c1.[Zn+][Br]. The van der Waals surface area contributed by atoms with Gasteiger partial charge in [-0.3, -0.25) is 0 Å². The Labute approximate surface area is 95.5 Å². The van der Waals surface area contributed by atoms with Gasteiger partial charge in [0.2, 0.25) is 0 Å². The maximum atomic E-state index is 11.9. The van der Waals surface area contributed by atoms with Gasteiger partial charge in [-0.25, -0.2) is 0 Å². The quantitative estimate of drug-likeness (QED) is 0.500. The molecule has 0 atom stereocenters. The van der Waals surface area contributed by atoms with E-state index in [1.54, 1.807) is 0 Å². The summed E-state index contributed by atoms with van der Waals surface area (Å²) in [4.78, 5) is 0. The molecule has 0 heterocycles. The minimum atomic E-state index is -4.32. The monoisotopic (exact) mass is 322 g/mol. The van der Waals surface area contributed by atoms with Crippen LogP contribution in [0, 0.1) is 6.07 Å². The van der Waals surface area contributed by atoms with E-state index >= 15 is 0 Å². The molecule has 13 heavy (non-hydrogen) atoms. The molecule has 0 saturated heterocycles. The van der Waals surface area contributed by atoms with Crippen molar-refractivity contribution in [1.82, 2.24) is 0 Å². The molecule has 0 radical (unpaired) electrons. The fourth-order valence-electron chi connectivity index (χ4n) is 0.614. The van der Waals surface area contributed by atoms with Crippen molar-refractivity contribution >= 4 is 25.2 Å². The average molecular weight is 325 g/mol. The summed E-state index contributed by atoms with van der Waals surface area (Å²) in [7, 11) is 0. The molecule has 0 N–H and O–H groups in total. The summed E-state index contributed by atoms with van der Waals surface area (Å²) in [5.74, 6) is 0. The molecule has 1 aromatic carbocycles. The molecule has 0 unspecified atom stereocenters. The van der Waals surface area contributed by atoms with Crippen molar-refractivity contribution in [3.8, 4) is 0 Å². The van der Waals surface area contributed by atoms with Crippen LogP contribution >= 0.6 is 25.2 Å². The van der Waals surface area contributed by atoms with Gasteiger partial charge in [-0.1, -0.05) is 10.6 Å². The van der Waals surface area contributed by atoms with Crippen LogP contribution in [0.4, 0.5) is 13.2 Å². The van der Waals surface area contributed by atoms with Gasteiger partial charge in [-0.2, -0.15) is 31.4 Å². The van der Waals surface area contributed by atoms with E-state index in [2.05, 4.69) is 19.7 Å². The van der Waals surface area contributed by atoms with Gasteiger partial charge in [0.1, 0.15) is 0 Å². The Morgan fingerprint density at radius 1 is 1.38 bits per heavy atom. The molecule has 0 aliphatic rings. The molecule has 0 aliphatic heterocycles. The van der Waals surface area contributed by atoms with Crippen molar-refractivity contribution in [1.29, 1.82) is 0 Å². The second-order valence-corrected chi connectivity index (χ2v) is 2.33. The molecule has 0 aromatic heterocycles. The Morgan fingerprint density at radius 2 is 1.92 bits per heavy atom. The van der Waals surface area contributed by atoms with Crippen LogP contribution in [0.15, 0.2) is 18.2 Å². The van der Waals surface area contributed by atoms with E-state index in [0.717, 1.165) is 18.2 Å². The summed E-state index contributed by atoms with van der Waals surface area (Å²) in [6.07, 6.45) is -4.32. The molecule has 0 fully saturated rings. The molecule has 68 valence electrons. The first-order valence-electron chi connectivity index (χ1n) is 3.01. The molecule has 0 nitrogen and oxygen atoms in total. The molecule has 0 spiro atoms. The molecule has 0 amide bonds. The second-order valence-electron chi connectivity index (χ2n) is 1.92. The van der Waals surface area contributed by atoms with Crippen molar-refractivity contribution in [2.75, 3.05) is 0 Å². The number of halogens is 5. The van der Waals surface area contributed by atoms with Crippen molar-refractivity contribution < 1.29 is 29.5 Å². The number of rotatable bonds is 0. The van der Waals surface area contributed by atoms with Gasteiger partial charge >= 0.3 is 36.1 Å². The zero-order chi connectivity index (χ0) is 10.5. The van der Waals surface area contributed by atoms with E-state index in [1.807, 2.05) is 0 Å². The number of benzene rings is 1. The van der Waals surface area contributed by atoms with Crippen LogP contribution in [-0.2, 0) is 22.5 Å². The third-order valence-electron chi connectivity index (χ3n) is 1.09. The molecule has 6 heteroatoms. The predicted octanol–water partition coefficient (Wildman–Crippen LogP) is 4.00. The van der Waals surface area contributed by atoms with E-state index in [4.69, 9.17) is 11.6 Å². The van der Waals surface area contributed by atoms with Gasteiger partial charge in [-0.15, -0.1) is 17.7 Å². The summed E-state index contributed by atoms with van der Waals surface area (Å²) in [5.41, 5.74) is -0.749. The zero-order valence-corrected chi connectivity index (χ0v) is 11.6. The summed E-state index contributed by atoms with van der Waals surface area (Å²) < 4.78 is 35.7. The van der Waals surface area contributed by atoms with Gasteiger partial charge in [-0.05, 0) is 0 Å². The standard InChI is InChI=1S/C7H3ClF3.BrH.Zn/c8-6-3-1-2-5(4-6)7(9,10)11;;/h1-2,4H;1H;/q-1;;+2/p-1. The normalized spacial score (nSPS) is 10.4. The van der Waals surface area contributed by atoms with Crippen LogP contribution in [0.2, 0.25) is 5.02 Å². The van der Waals surface area contributed by atoms with Crippen LogP contribution in [0.3, 0.4) is 0 Å².